The number of nitrogens with two attached hydrogens (primary N) is 1. The first-order chi connectivity index (χ1) is 8.06. The van der Waals surface area contributed by atoms with Gasteiger partial charge in [-0.2, -0.15) is 5.10 Å². The van der Waals surface area contributed by atoms with Gasteiger partial charge in [0.05, 0.1) is 5.69 Å². The number of nitrogens with zero attached hydrogens (tertiary/aromatic N) is 1. The second kappa shape index (κ2) is 4.69. The maximum absolute atomic E-state index is 11.9. The van der Waals surface area contributed by atoms with E-state index in [9.17, 15) is 13.2 Å². The molecule has 0 fully saturated rings. The largest absolute Gasteiger partial charge is 0.346 e. The van der Waals surface area contributed by atoms with Crippen LogP contribution in [0.5, 0.6) is 0 Å². The molecule has 1 rings (SSSR count). The van der Waals surface area contributed by atoms with E-state index in [-0.39, 0.29) is 10.6 Å². The minimum atomic E-state index is -3.99. The van der Waals surface area contributed by atoms with Crippen molar-refractivity contribution in [2.24, 2.45) is 5.14 Å². The number of H-pyrrole nitrogens is 1. The van der Waals surface area contributed by atoms with Gasteiger partial charge in [-0.15, -0.1) is 0 Å². The number of amides is 1. The number of carbonyl (C=O) groups is 1. The smallest absolute Gasteiger partial charge is 0.273 e. The molecule has 7 nitrogen and oxygen atoms in total. The normalized spacial score (nSPS) is 12.5. The number of nitrogens with one attached hydrogen (secondary N) is 2. The Balaban J connectivity index is 3.27. The number of aryl methyl sites for hydroxylation is 1. The van der Waals surface area contributed by atoms with Gasteiger partial charge in [0, 0.05) is 5.54 Å². The lowest BCUT2D eigenvalue weighted by Crippen LogP contribution is -2.41. The highest BCUT2D eigenvalue weighted by Crippen LogP contribution is 2.18. The summed E-state index contributed by atoms with van der Waals surface area (Å²) in [5.74, 6) is -0.567. The number of rotatable bonds is 3. The van der Waals surface area contributed by atoms with Gasteiger partial charge < -0.3 is 5.32 Å². The molecule has 1 aromatic rings. The van der Waals surface area contributed by atoms with Crippen LogP contribution in [-0.4, -0.2) is 30.1 Å². The van der Waals surface area contributed by atoms with Crippen LogP contribution in [0.4, 0.5) is 0 Å². The van der Waals surface area contributed by atoms with Gasteiger partial charge in [-0.3, -0.25) is 9.89 Å². The molecular formula is C10H18N4O3S. The molecule has 1 aromatic heterocycles. The highest BCUT2D eigenvalue weighted by Gasteiger charge is 2.28. The van der Waals surface area contributed by atoms with Gasteiger partial charge in [0.15, 0.2) is 5.69 Å². The van der Waals surface area contributed by atoms with Crippen LogP contribution in [-0.2, 0) is 16.4 Å². The molecular weight excluding hydrogens is 256 g/mol. The lowest BCUT2D eigenvalue weighted by atomic mass is 10.1. The summed E-state index contributed by atoms with van der Waals surface area (Å²) in [6, 6.07) is 0. The molecule has 0 radical (unpaired) electrons. The van der Waals surface area contributed by atoms with E-state index < -0.39 is 21.5 Å². The molecule has 0 saturated carbocycles. The van der Waals surface area contributed by atoms with Crippen molar-refractivity contribution in [1.29, 1.82) is 0 Å². The van der Waals surface area contributed by atoms with E-state index in [0.29, 0.717) is 12.1 Å². The van der Waals surface area contributed by atoms with Crippen molar-refractivity contribution in [2.75, 3.05) is 0 Å². The zero-order chi connectivity index (χ0) is 14.1. The van der Waals surface area contributed by atoms with Crippen molar-refractivity contribution < 1.29 is 13.2 Å². The average Bonchev–Trinajstić information content (AvgIpc) is 2.57. The fourth-order valence-corrected chi connectivity index (χ4v) is 2.41. The number of hydrogen-bond acceptors (Lipinski definition) is 4. The van der Waals surface area contributed by atoms with Gasteiger partial charge in [0.25, 0.3) is 5.91 Å². The van der Waals surface area contributed by atoms with Crippen LogP contribution in [0.3, 0.4) is 0 Å². The third-order valence-corrected chi connectivity index (χ3v) is 3.14. The Morgan fingerprint density at radius 1 is 1.44 bits per heavy atom. The van der Waals surface area contributed by atoms with E-state index in [1.54, 1.807) is 27.7 Å². The van der Waals surface area contributed by atoms with Gasteiger partial charge in [0.2, 0.25) is 10.0 Å². The standard InChI is InChI=1S/C10H18N4O3S/c1-5-6-8(18(11,16)17)7(14-13-6)9(15)12-10(2,3)4/h5H2,1-4H3,(H,12,15)(H,13,14)(H2,11,16,17). The van der Waals surface area contributed by atoms with Gasteiger partial charge in [-0.25, -0.2) is 13.6 Å². The van der Waals surface area contributed by atoms with E-state index in [4.69, 9.17) is 5.14 Å². The maximum atomic E-state index is 11.9. The van der Waals surface area contributed by atoms with E-state index in [1.165, 1.54) is 0 Å². The summed E-state index contributed by atoms with van der Waals surface area (Å²) in [4.78, 5) is 11.7. The predicted octanol–water partition coefficient (Wildman–Crippen LogP) is 0.148. The quantitative estimate of drug-likeness (QED) is 0.726. The Morgan fingerprint density at radius 3 is 2.39 bits per heavy atom. The predicted molar refractivity (Wildman–Crippen MR) is 66.6 cm³/mol. The van der Waals surface area contributed by atoms with Gasteiger partial charge in [0.1, 0.15) is 4.90 Å². The Bertz CT molecular complexity index is 554. The molecule has 0 bridgehead atoms. The molecule has 1 amide bonds. The first-order valence-electron chi connectivity index (χ1n) is 5.49. The number of carbonyl (C=O) groups excluding carboxylic acids is 1. The summed E-state index contributed by atoms with van der Waals surface area (Å²) in [5.41, 5.74) is -0.348. The number of aromatic amines is 1. The molecule has 0 saturated heterocycles. The topological polar surface area (TPSA) is 118 Å². The number of aromatic nitrogens is 2. The third-order valence-electron chi connectivity index (χ3n) is 2.13. The van der Waals surface area contributed by atoms with Gasteiger partial charge in [-0.05, 0) is 27.2 Å². The van der Waals surface area contributed by atoms with Gasteiger partial charge >= 0.3 is 0 Å². The van der Waals surface area contributed by atoms with E-state index in [2.05, 4.69) is 15.5 Å². The van der Waals surface area contributed by atoms with Crippen LogP contribution < -0.4 is 10.5 Å². The second-order valence-corrected chi connectivity index (χ2v) is 6.48. The molecule has 0 aliphatic heterocycles. The molecule has 8 heteroatoms. The zero-order valence-corrected chi connectivity index (χ0v) is 11.7. The molecule has 0 aliphatic carbocycles. The van der Waals surface area contributed by atoms with Crippen LogP contribution in [0, 0.1) is 0 Å². The molecule has 1 heterocycles. The summed E-state index contributed by atoms with van der Waals surface area (Å²) in [6.45, 7) is 7.10. The summed E-state index contributed by atoms with van der Waals surface area (Å²) >= 11 is 0. The summed E-state index contributed by atoms with van der Waals surface area (Å²) in [5, 5.41) is 14.0. The zero-order valence-electron chi connectivity index (χ0n) is 10.9. The maximum Gasteiger partial charge on any atom is 0.273 e. The molecule has 0 aromatic carbocycles. The van der Waals surface area contributed by atoms with Crippen LogP contribution >= 0.6 is 0 Å². The van der Waals surface area contributed by atoms with Crippen LogP contribution in [0.25, 0.3) is 0 Å². The summed E-state index contributed by atoms with van der Waals surface area (Å²) < 4.78 is 23.0. The highest BCUT2D eigenvalue weighted by atomic mass is 32.2. The number of sulfonamides is 1. The lowest BCUT2D eigenvalue weighted by molar-refractivity contribution is 0.0911. The highest BCUT2D eigenvalue weighted by molar-refractivity contribution is 7.89. The first-order valence-corrected chi connectivity index (χ1v) is 7.03. The van der Waals surface area contributed by atoms with Crippen molar-refractivity contribution in [3.05, 3.63) is 11.4 Å². The fourth-order valence-electron chi connectivity index (χ4n) is 1.47. The summed E-state index contributed by atoms with van der Waals surface area (Å²) in [6.07, 6.45) is 0.390. The molecule has 102 valence electrons. The minimum Gasteiger partial charge on any atom is -0.346 e. The fraction of sp³-hybridized carbons (Fsp3) is 0.600. The average molecular weight is 274 g/mol. The Morgan fingerprint density at radius 2 is 2.00 bits per heavy atom. The van der Waals surface area contributed by atoms with E-state index >= 15 is 0 Å². The molecule has 0 unspecified atom stereocenters. The number of hydrogen-bond donors (Lipinski definition) is 3. The van der Waals surface area contributed by atoms with Crippen molar-refractivity contribution in [2.45, 2.75) is 44.6 Å². The monoisotopic (exact) mass is 274 g/mol. The first kappa shape index (κ1) is 14.7. The molecule has 4 N–H and O–H groups in total. The van der Waals surface area contributed by atoms with E-state index in [0.717, 1.165) is 0 Å². The van der Waals surface area contributed by atoms with Gasteiger partial charge in [-0.1, -0.05) is 6.92 Å². The molecule has 0 spiro atoms. The SMILES string of the molecule is CCc1[nH]nc(C(=O)NC(C)(C)C)c1S(N)(=O)=O. The Hall–Kier alpha value is -1.41. The van der Waals surface area contributed by atoms with Crippen LogP contribution in [0.1, 0.15) is 43.9 Å². The van der Waals surface area contributed by atoms with E-state index in [1.807, 2.05) is 0 Å². The van der Waals surface area contributed by atoms with Crippen molar-refractivity contribution in [3.63, 3.8) is 0 Å². The minimum absolute atomic E-state index is 0.190. The molecule has 18 heavy (non-hydrogen) atoms. The van der Waals surface area contributed by atoms with Crippen molar-refractivity contribution >= 4 is 15.9 Å². The second-order valence-electron chi connectivity index (χ2n) is 4.98. The molecule has 0 atom stereocenters. The number of primary sulfonamides is 1. The van der Waals surface area contributed by atoms with Crippen molar-refractivity contribution in [3.8, 4) is 0 Å². The lowest BCUT2D eigenvalue weighted by Gasteiger charge is -2.19. The molecule has 0 aliphatic rings. The Labute approximate surface area is 106 Å². The summed E-state index contributed by atoms with van der Waals surface area (Å²) in [7, 11) is -3.99. The van der Waals surface area contributed by atoms with Crippen LogP contribution in [0.15, 0.2) is 4.90 Å². The Kier molecular flexibility index (Phi) is 3.82. The van der Waals surface area contributed by atoms with Crippen LogP contribution in [0.2, 0.25) is 0 Å². The van der Waals surface area contributed by atoms with Crippen molar-refractivity contribution in [1.82, 2.24) is 15.5 Å². The third kappa shape index (κ3) is 3.30.